The zero-order valence-electron chi connectivity index (χ0n) is 6.64. The van der Waals surface area contributed by atoms with E-state index in [4.69, 9.17) is 5.73 Å². The molecule has 0 aliphatic rings. The molecule has 1 rings (SSSR count). The van der Waals surface area contributed by atoms with Crippen LogP contribution in [0, 0.1) is 0 Å². The minimum Gasteiger partial charge on any atom is -0.399 e. The van der Waals surface area contributed by atoms with Gasteiger partial charge in [-0.15, -0.1) is 0 Å². The minimum absolute atomic E-state index is 0.790. The molecule has 60 valence electrons. The topological polar surface area (TPSA) is 81.3 Å². The van der Waals surface area contributed by atoms with E-state index in [1.54, 1.807) is 0 Å². The first-order chi connectivity index (χ1) is 5.26. The zero-order chi connectivity index (χ0) is 8.27. The molecule has 0 atom stereocenters. The number of anilines is 1. The van der Waals surface area contributed by atoms with Crippen LogP contribution in [0.2, 0.25) is 0 Å². The van der Waals surface area contributed by atoms with Crippen LogP contribution in [-0.2, 0) is 13.1 Å². The van der Waals surface area contributed by atoms with Crippen LogP contribution in [0.4, 0.5) is 5.69 Å². The maximum absolute atomic E-state index is 5.65. The summed E-state index contributed by atoms with van der Waals surface area (Å²) in [6, 6.07) is 5.99. The van der Waals surface area contributed by atoms with Crippen LogP contribution in [0.5, 0.6) is 0 Å². The highest BCUT2D eigenvalue weighted by atomic mass is 14.6. The average Bonchev–Trinajstić information content (AvgIpc) is 2.03. The van der Waals surface area contributed by atoms with E-state index in [1.807, 2.05) is 12.1 Å². The third-order valence-corrected chi connectivity index (χ3v) is 1.65. The monoisotopic (exact) mass is 153 g/mol. The Morgan fingerprint density at radius 3 is 1.82 bits per heavy atom. The van der Waals surface area contributed by atoms with Gasteiger partial charge in [0.05, 0.1) is 13.1 Å². The summed E-state index contributed by atoms with van der Waals surface area (Å²) in [5.74, 6) is 0. The summed E-state index contributed by atoms with van der Waals surface area (Å²) in [6.07, 6.45) is 0. The number of quaternary nitrogens is 2. The van der Waals surface area contributed by atoms with Gasteiger partial charge in [-0.2, -0.15) is 0 Å². The van der Waals surface area contributed by atoms with Crippen LogP contribution in [-0.4, -0.2) is 0 Å². The number of nitrogens with two attached hydrogens (primary N) is 1. The van der Waals surface area contributed by atoms with E-state index < -0.39 is 0 Å². The molecule has 3 nitrogen and oxygen atoms in total. The Hall–Kier alpha value is -1.06. The van der Waals surface area contributed by atoms with Gasteiger partial charge in [0.1, 0.15) is 0 Å². The van der Waals surface area contributed by atoms with Crippen LogP contribution < -0.4 is 17.2 Å². The Morgan fingerprint density at radius 1 is 1.00 bits per heavy atom. The second-order valence-corrected chi connectivity index (χ2v) is 2.58. The quantitative estimate of drug-likeness (QED) is 0.456. The average molecular weight is 153 g/mol. The van der Waals surface area contributed by atoms with E-state index in [0.717, 1.165) is 18.8 Å². The summed E-state index contributed by atoms with van der Waals surface area (Å²) in [7, 11) is 0. The highest BCUT2D eigenvalue weighted by Gasteiger charge is 1.97. The number of hydrogen-bond acceptors (Lipinski definition) is 1. The standard InChI is InChI=1S/C8H13N3/c9-4-6-1-7(5-10)3-8(11)2-6/h1-3H,4-5,9-11H2/p+2. The Bertz CT molecular complexity index is 223. The van der Waals surface area contributed by atoms with Crippen LogP contribution in [0.1, 0.15) is 11.1 Å². The summed E-state index contributed by atoms with van der Waals surface area (Å²) in [5, 5.41) is 0. The van der Waals surface area contributed by atoms with Crippen molar-refractivity contribution >= 4 is 5.69 Å². The lowest BCUT2D eigenvalue weighted by molar-refractivity contribution is -0.387. The largest absolute Gasteiger partial charge is 0.399 e. The van der Waals surface area contributed by atoms with E-state index in [2.05, 4.69) is 17.5 Å². The molecule has 11 heavy (non-hydrogen) atoms. The van der Waals surface area contributed by atoms with Gasteiger partial charge in [0.25, 0.3) is 0 Å². The van der Waals surface area contributed by atoms with Crippen molar-refractivity contribution in [1.29, 1.82) is 0 Å². The summed E-state index contributed by atoms with van der Waals surface area (Å²) < 4.78 is 0. The predicted octanol–water partition coefficient (Wildman–Crippen LogP) is -1.25. The third-order valence-electron chi connectivity index (χ3n) is 1.65. The van der Waals surface area contributed by atoms with Crippen molar-refractivity contribution in [2.45, 2.75) is 13.1 Å². The molecule has 0 aromatic heterocycles. The van der Waals surface area contributed by atoms with Gasteiger partial charge in [0.15, 0.2) is 0 Å². The number of hydrogen-bond donors (Lipinski definition) is 3. The molecule has 0 amide bonds. The van der Waals surface area contributed by atoms with Gasteiger partial charge >= 0.3 is 0 Å². The van der Waals surface area contributed by atoms with E-state index in [-0.39, 0.29) is 0 Å². The number of nitrogen functional groups attached to an aromatic ring is 1. The first-order valence-electron chi connectivity index (χ1n) is 3.73. The second kappa shape index (κ2) is 3.37. The van der Waals surface area contributed by atoms with E-state index >= 15 is 0 Å². The summed E-state index contributed by atoms with van der Waals surface area (Å²) in [5.41, 5.74) is 16.4. The molecule has 0 bridgehead atoms. The molecule has 0 fully saturated rings. The fourth-order valence-electron chi connectivity index (χ4n) is 1.08. The van der Waals surface area contributed by atoms with Gasteiger partial charge in [-0.1, -0.05) is 0 Å². The molecule has 0 saturated carbocycles. The molecule has 8 N–H and O–H groups in total. The van der Waals surface area contributed by atoms with Crippen molar-refractivity contribution in [2.24, 2.45) is 0 Å². The molecule has 0 spiro atoms. The fourth-order valence-corrected chi connectivity index (χ4v) is 1.08. The van der Waals surface area contributed by atoms with Crippen molar-refractivity contribution in [2.75, 3.05) is 5.73 Å². The van der Waals surface area contributed by atoms with Gasteiger partial charge in [0.2, 0.25) is 0 Å². The van der Waals surface area contributed by atoms with Crippen molar-refractivity contribution in [3.05, 3.63) is 29.3 Å². The smallest absolute Gasteiger partial charge is 0.0998 e. The predicted molar refractivity (Wildman–Crippen MR) is 44.0 cm³/mol. The molecule has 0 radical (unpaired) electrons. The molecular weight excluding hydrogens is 138 g/mol. The molecule has 0 aliphatic heterocycles. The van der Waals surface area contributed by atoms with Crippen molar-refractivity contribution < 1.29 is 11.5 Å². The summed E-state index contributed by atoms with van der Waals surface area (Å²) in [4.78, 5) is 0. The minimum atomic E-state index is 0.790. The van der Waals surface area contributed by atoms with Gasteiger partial charge < -0.3 is 17.2 Å². The van der Waals surface area contributed by atoms with E-state index in [1.165, 1.54) is 11.1 Å². The normalized spacial score (nSPS) is 10.0. The fraction of sp³-hybridized carbons (Fsp3) is 0.250. The lowest BCUT2D eigenvalue weighted by atomic mass is 10.1. The maximum atomic E-state index is 5.65. The number of benzene rings is 1. The molecule has 0 heterocycles. The molecule has 0 aliphatic carbocycles. The van der Waals surface area contributed by atoms with Crippen LogP contribution in [0.3, 0.4) is 0 Å². The van der Waals surface area contributed by atoms with E-state index in [0.29, 0.717) is 0 Å². The first kappa shape index (κ1) is 8.04. The highest BCUT2D eigenvalue weighted by Crippen LogP contribution is 2.09. The third kappa shape index (κ3) is 1.93. The Balaban J connectivity index is 3.02. The summed E-state index contributed by atoms with van der Waals surface area (Å²) in [6.45, 7) is 1.58. The van der Waals surface area contributed by atoms with Gasteiger partial charge in [-0.3, -0.25) is 0 Å². The zero-order valence-corrected chi connectivity index (χ0v) is 6.64. The Morgan fingerprint density at radius 2 is 1.45 bits per heavy atom. The van der Waals surface area contributed by atoms with E-state index in [9.17, 15) is 0 Å². The van der Waals surface area contributed by atoms with Gasteiger partial charge in [-0.05, 0) is 18.2 Å². The van der Waals surface area contributed by atoms with Crippen LogP contribution in [0.25, 0.3) is 0 Å². The molecular formula is C8H15N3+2. The van der Waals surface area contributed by atoms with Crippen molar-refractivity contribution in [3.8, 4) is 0 Å². The van der Waals surface area contributed by atoms with Crippen molar-refractivity contribution in [3.63, 3.8) is 0 Å². The van der Waals surface area contributed by atoms with Gasteiger partial charge in [0, 0.05) is 16.8 Å². The van der Waals surface area contributed by atoms with Crippen LogP contribution >= 0.6 is 0 Å². The first-order valence-corrected chi connectivity index (χ1v) is 3.73. The Labute approximate surface area is 66.2 Å². The second-order valence-electron chi connectivity index (χ2n) is 2.58. The van der Waals surface area contributed by atoms with Gasteiger partial charge in [-0.25, -0.2) is 0 Å². The van der Waals surface area contributed by atoms with Crippen molar-refractivity contribution in [1.82, 2.24) is 0 Å². The maximum Gasteiger partial charge on any atom is 0.0998 e. The molecule has 1 aromatic rings. The highest BCUT2D eigenvalue weighted by molar-refractivity contribution is 5.44. The molecule has 0 saturated heterocycles. The molecule has 0 unspecified atom stereocenters. The lowest BCUT2D eigenvalue weighted by Crippen LogP contribution is -2.48. The SMILES string of the molecule is Nc1cc(C[NH3+])cc(C[NH3+])c1. The lowest BCUT2D eigenvalue weighted by Gasteiger charge is -2.00. The van der Waals surface area contributed by atoms with Crippen LogP contribution in [0.15, 0.2) is 18.2 Å². The molecule has 3 heteroatoms. The molecule has 1 aromatic carbocycles. The number of rotatable bonds is 2. The Kier molecular flexibility index (Phi) is 2.46. The summed E-state index contributed by atoms with van der Waals surface area (Å²) >= 11 is 0.